The van der Waals surface area contributed by atoms with Crippen LogP contribution in [0.15, 0.2) is 36.4 Å². The molecular weight excluding hydrogens is 346 g/mol. The predicted octanol–water partition coefficient (Wildman–Crippen LogP) is 2.42. The summed E-state index contributed by atoms with van der Waals surface area (Å²) in [6.45, 7) is 1.66. The number of nitrogens with two attached hydrogens (primary N) is 1. The Labute approximate surface area is 147 Å². The van der Waals surface area contributed by atoms with Gasteiger partial charge in [-0.15, -0.1) is 0 Å². The van der Waals surface area contributed by atoms with Crippen molar-refractivity contribution >= 4 is 23.0 Å². The lowest BCUT2D eigenvalue weighted by molar-refractivity contribution is -0.384. The molecule has 0 atom stereocenters. The molecule has 0 aliphatic carbocycles. The van der Waals surface area contributed by atoms with Crippen LogP contribution in [0.4, 0.5) is 25.8 Å². The second kappa shape index (κ2) is 6.95. The number of carbonyl (C=O) groups is 1. The molecule has 2 aromatic carbocycles. The number of rotatable bonds is 3. The molecule has 1 fully saturated rings. The van der Waals surface area contributed by atoms with Crippen molar-refractivity contribution in [3.05, 3.63) is 63.7 Å². The molecule has 1 heterocycles. The van der Waals surface area contributed by atoms with Crippen LogP contribution in [0.1, 0.15) is 10.4 Å². The molecule has 2 N–H and O–H groups in total. The van der Waals surface area contributed by atoms with Gasteiger partial charge >= 0.3 is 0 Å². The van der Waals surface area contributed by atoms with Gasteiger partial charge in [0.1, 0.15) is 17.3 Å². The first kappa shape index (κ1) is 17.6. The highest BCUT2D eigenvalue weighted by Crippen LogP contribution is 2.28. The van der Waals surface area contributed by atoms with Crippen molar-refractivity contribution in [2.45, 2.75) is 0 Å². The first-order valence-electron chi connectivity index (χ1n) is 7.90. The Morgan fingerprint density at radius 3 is 2.23 bits per heavy atom. The topological polar surface area (TPSA) is 92.7 Å². The average molecular weight is 362 g/mol. The summed E-state index contributed by atoms with van der Waals surface area (Å²) >= 11 is 0. The first-order valence-corrected chi connectivity index (χ1v) is 7.90. The Balaban J connectivity index is 1.75. The van der Waals surface area contributed by atoms with E-state index >= 15 is 0 Å². The van der Waals surface area contributed by atoms with Crippen LogP contribution >= 0.6 is 0 Å². The Morgan fingerprint density at radius 2 is 1.65 bits per heavy atom. The zero-order valence-electron chi connectivity index (χ0n) is 13.7. The van der Waals surface area contributed by atoms with Crippen LogP contribution in [0.3, 0.4) is 0 Å². The number of hydrogen-bond donors (Lipinski definition) is 1. The standard InChI is InChI=1S/C17H16F2N4O3/c18-11-1-3-13(4-2-11)21-5-7-22(8-6-21)17(24)14-9-12(19)10-15(16(14)20)23(25)26/h1-4,9-10H,5-8,20H2. The lowest BCUT2D eigenvalue weighted by atomic mass is 10.1. The number of carbonyl (C=O) groups excluding carboxylic acids is 1. The minimum Gasteiger partial charge on any atom is -0.393 e. The highest BCUT2D eigenvalue weighted by Gasteiger charge is 2.27. The van der Waals surface area contributed by atoms with Crippen molar-refractivity contribution < 1.29 is 18.5 Å². The lowest BCUT2D eigenvalue weighted by Crippen LogP contribution is -2.49. The highest BCUT2D eigenvalue weighted by molar-refractivity contribution is 6.01. The second-order valence-electron chi connectivity index (χ2n) is 5.90. The SMILES string of the molecule is Nc1c(C(=O)N2CCN(c3ccc(F)cc3)CC2)cc(F)cc1[N+](=O)[O-]. The van der Waals surface area contributed by atoms with Crippen LogP contribution in [0.5, 0.6) is 0 Å². The van der Waals surface area contributed by atoms with Crippen molar-refractivity contribution in [2.24, 2.45) is 0 Å². The third-order valence-corrected chi connectivity index (χ3v) is 4.31. The predicted molar refractivity (Wildman–Crippen MR) is 92.0 cm³/mol. The van der Waals surface area contributed by atoms with Crippen molar-refractivity contribution in [3.8, 4) is 0 Å². The van der Waals surface area contributed by atoms with E-state index in [2.05, 4.69) is 0 Å². The number of piperazine rings is 1. The van der Waals surface area contributed by atoms with Crippen LogP contribution in [0, 0.1) is 21.7 Å². The molecule has 7 nitrogen and oxygen atoms in total. The number of nitro benzene ring substituents is 1. The summed E-state index contributed by atoms with van der Waals surface area (Å²) in [5, 5.41) is 10.9. The van der Waals surface area contributed by atoms with Gasteiger partial charge in [-0.25, -0.2) is 8.78 Å². The molecular formula is C17H16F2N4O3. The first-order chi connectivity index (χ1) is 12.4. The van der Waals surface area contributed by atoms with Crippen LogP contribution in [0.25, 0.3) is 0 Å². The largest absolute Gasteiger partial charge is 0.393 e. The van der Waals surface area contributed by atoms with E-state index in [1.807, 2.05) is 4.90 Å². The molecule has 26 heavy (non-hydrogen) atoms. The molecule has 1 amide bonds. The Bertz CT molecular complexity index is 850. The molecule has 3 rings (SSSR count). The van der Waals surface area contributed by atoms with Gasteiger partial charge in [-0.1, -0.05) is 0 Å². The fourth-order valence-electron chi connectivity index (χ4n) is 2.92. The fraction of sp³-hybridized carbons (Fsp3) is 0.235. The van der Waals surface area contributed by atoms with Gasteiger partial charge in [0.2, 0.25) is 0 Å². The van der Waals surface area contributed by atoms with Gasteiger partial charge in [0.25, 0.3) is 11.6 Å². The van der Waals surface area contributed by atoms with Gasteiger partial charge in [-0.3, -0.25) is 14.9 Å². The van der Waals surface area contributed by atoms with Gasteiger partial charge in [-0.05, 0) is 30.3 Å². The molecule has 0 bridgehead atoms. The van der Waals surface area contributed by atoms with Crippen LogP contribution in [-0.4, -0.2) is 41.9 Å². The Hall–Kier alpha value is -3.23. The maximum absolute atomic E-state index is 13.6. The number of nitro groups is 1. The number of benzene rings is 2. The van der Waals surface area contributed by atoms with Crippen molar-refractivity contribution in [1.82, 2.24) is 4.90 Å². The van der Waals surface area contributed by atoms with E-state index < -0.39 is 22.3 Å². The summed E-state index contributed by atoms with van der Waals surface area (Å²) in [5.74, 6) is -1.77. The minimum absolute atomic E-state index is 0.216. The summed E-state index contributed by atoms with van der Waals surface area (Å²) < 4.78 is 26.6. The summed E-state index contributed by atoms with van der Waals surface area (Å²) in [6.07, 6.45) is 0. The molecule has 0 saturated carbocycles. The molecule has 0 spiro atoms. The van der Waals surface area contributed by atoms with Crippen LogP contribution in [0.2, 0.25) is 0 Å². The number of hydrogen-bond acceptors (Lipinski definition) is 5. The number of halogens is 2. The zero-order valence-corrected chi connectivity index (χ0v) is 13.7. The Morgan fingerprint density at radius 1 is 1.04 bits per heavy atom. The van der Waals surface area contributed by atoms with E-state index in [-0.39, 0.29) is 17.1 Å². The number of nitrogens with zero attached hydrogens (tertiary/aromatic N) is 3. The van der Waals surface area contributed by atoms with Gasteiger partial charge in [0.05, 0.1) is 16.6 Å². The van der Waals surface area contributed by atoms with E-state index in [4.69, 9.17) is 5.73 Å². The molecule has 1 aliphatic heterocycles. The maximum atomic E-state index is 13.6. The smallest absolute Gasteiger partial charge is 0.295 e. The fourth-order valence-corrected chi connectivity index (χ4v) is 2.92. The second-order valence-corrected chi connectivity index (χ2v) is 5.90. The average Bonchev–Trinajstić information content (AvgIpc) is 2.63. The monoisotopic (exact) mass is 362 g/mol. The lowest BCUT2D eigenvalue weighted by Gasteiger charge is -2.36. The van der Waals surface area contributed by atoms with E-state index in [9.17, 15) is 23.7 Å². The summed E-state index contributed by atoms with van der Waals surface area (Å²) in [7, 11) is 0. The number of anilines is 2. The Kier molecular flexibility index (Phi) is 4.70. The van der Waals surface area contributed by atoms with Gasteiger partial charge in [0, 0.05) is 31.9 Å². The molecule has 2 aromatic rings. The van der Waals surface area contributed by atoms with Crippen molar-refractivity contribution in [2.75, 3.05) is 36.8 Å². The van der Waals surface area contributed by atoms with E-state index in [1.165, 1.54) is 17.0 Å². The van der Waals surface area contributed by atoms with Crippen LogP contribution in [-0.2, 0) is 0 Å². The van der Waals surface area contributed by atoms with Gasteiger partial charge < -0.3 is 15.5 Å². The highest BCUT2D eigenvalue weighted by atomic mass is 19.1. The number of nitrogen functional groups attached to an aromatic ring is 1. The molecule has 1 saturated heterocycles. The molecule has 9 heteroatoms. The van der Waals surface area contributed by atoms with E-state index in [0.29, 0.717) is 32.2 Å². The van der Waals surface area contributed by atoms with Crippen molar-refractivity contribution in [1.29, 1.82) is 0 Å². The summed E-state index contributed by atoms with van der Waals surface area (Å²) in [5.41, 5.74) is 5.34. The zero-order chi connectivity index (χ0) is 18.8. The summed E-state index contributed by atoms with van der Waals surface area (Å²) in [6, 6.07) is 7.63. The van der Waals surface area contributed by atoms with E-state index in [0.717, 1.165) is 11.8 Å². The minimum atomic E-state index is -0.890. The van der Waals surface area contributed by atoms with E-state index in [1.54, 1.807) is 12.1 Å². The maximum Gasteiger partial charge on any atom is 0.295 e. The third kappa shape index (κ3) is 3.41. The number of amides is 1. The summed E-state index contributed by atoms with van der Waals surface area (Å²) in [4.78, 5) is 26.2. The third-order valence-electron chi connectivity index (χ3n) is 4.31. The molecule has 0 unspecified atom stereocenters. The molecule has 0 radical (unpaired) electrons. The molecule has 1 aliphatic rings. The van der Waals surface area contributed by atoms with Crippen molar-refractivity contribution in [3.63, 3.8) is 0 Å². The van der Waals surface area contributed by atoms with Gasteiger partial charge in [-0.2, -0.15) is 0 Å². The van der Waals surface area contributed by atoms with Gasteiger partial charge in [0.15, 0.2) is 0 Å². The van der Waals surface area contributed by atoms with Crippen LogP contribution < -0.4 is 10.6 Å². The molecule has 136 valence electrons. The quantitative estimate of drug-likeness (QED) is 0.514. The normalized spacial score (nSPS) is 14.4. The molecule has 0 aromatic heterocycles.